The summed E-state index contributed by atoms with van der Waals surface area (Å²) in [6.07, 6.45) is 2.51. The molecule has 24 heavy (non-hydrogen) atoms. The first-order valence-electron chi connectivity index (χ1n) is 7.58. The highest BCUT2D eigenvalue weighted by Gasteiger charge is 2.10. The van der Waals surface area contributed by atoms with Gasteiger partial charge in [-0.15, -0.1) is 23.5 Å². The summed E-state index contributed by atoms with van der Waals surface area (Å²) in [4.78, 5) is 19.0. The van der Waals surface area contributed by atoms with Gasteiger partial charge in [0.05, 0.1) is 10.2 Å². The highest BCUT2D eigenvalue weighted by molar-refractivity contribution is 7.99. The Hall–Kier alpha value is -1.50. The van der Waals surface area contributed by atoms with E-state index in [0.29, 0.717) is 11.6 Å². The van der Waals surface area contributed by atoms with Crippen molar-refractivity contribution >= 4 is 56.1 Å². The van der Waals surface area contributed by atoms with Crippen LogP contribution < -0.4 is 5.32 Å². The Morgan fingerprint density at radius 1 is 1.21 bits per heavy atom. The fraction of sp³-hybridized carbons (Fsp3) is 0.222. The molecule has 3 aromatic rings. The normalized spacial score (nSPS) is 10.9. The fourth-order valence-electron chi connectivity index (χ4n) is 2.22. The van der Waals surface area contributed by atoms with E-state index >= 15 is 0 Å². The predicted octanol–water partition coefficient (Wildman–Crippen LogP) is 5.45. The van der Waals surface area contributed by atoms with Crippen molar-refractivity contribution in [2.75, 3.05) is 17.3 Å². The predicted molar refractivity (Wildman–Crippen MR) is 107 cm³/mol. The van der Waals surface area contributed by atoms with Crippen LogP contribution in [0.25, 0.3) is 10.2 Å². The Balaban J connectivity index is 1.56. The van der Waals surface area contributed by atoms with E-state index in [0.717, 1.165) is 20.9 Å². The summed E-state index contributed by atoms with van der Waals surface area (Å²) in [6.45, 7) is 2.07. The van der Waals surface area contributed by atoms with E-state index in [4.69, 9.17) is 0 Å². The van der Waals surface area contributed by atoms with Gasteiger partial charge in [0.2, 0.25) is 5.91 Å². The number of carbonyl (C=O) groups is 1. The van der Waals surface area contributed by atoms with Crippen LogP contribution in [0, 0.1) is 6.92 Å². The summed E-state index contributed by atoms with van der Waals surface area (Å²) in [5.74, 6) is 0.773. The highest BCUT2D eigenvalue weighted by Crippen LogP contribution is 2.32. The lowest BCUT2D eigenvalue weighted by molar-refractivity contribution is -0.115. The Labute approximate surface area is 154 Å². The maximum absolute atomic E-state index is 12.1. The number of rotatable bonds is 6. The van der Waals surface area contributed by atoms with E-state index in [1.54, 1.807) is 23.5 Å². The molecule has 1 aromatic heterocycles. The van der Waals surface area contributed by atoms with Crippen molar-refractivity contribution < 1.29 is 4.79 Å². The lowest BCUT2D eigenvalue weighted by atomic mass is 10.2. The van der Waals surface area contributed by atoms with Crippen molar-refractivity contribution in [3.8, 4) is 0 Å². The number of aryl methyl sites for hydroxylation is 1. The molecule has 0 saturated heterocycles. The minimum Gasteiger partial charge on any atom is -0.302 e. The molecule has 3 rings (SSSR count). The van der Waals surface area contributed by atoms with Crippen LogP contribution >= 0.6 is 34.9 Å². The molecule has 0 radical (unpaired) electrons. The highest BCUT2D eigenvalue weighted by atomic mass is 32.2. The molecule has 6 heteroatoms. The van der Waals surface area contributed by atoms with Gasteiger partial charge in [0.1, 0.15) is 0 Å². The zero-order valence-corrected chi connectivity index (χ0v) is 16.0. The Morgan fingerprint density at radius 2 is 2.00 bits per heavy atom. The standard InChI is InChI=1S/C18H18N2OS3/c1-12-6-8-13(9-7-12)23-11-10-16(21)19-18-20-17-14(22-2)4-3-5-15(17)24-18/h3-9H,10-11H2,1-2H3,(H,19,20,21). The van der Waals surface area contributed by atoms with Crippen molar-refractivity contribution in [1.29, 1.82) is 0 Å². The molecule has 3 nitrogen and oxygen atoms in total. The third-order valence-electron chi connectivity index (χ3n) is 3.47. The zero-order valence-electron chi connectivity index (χ0n) is 13.5. The van der Waals surface area contributed by atoms with Crippen molar-refractivity contribution in [1.82, 2.24) is 4.98 Å². The number of thiazole rings is 1. The Morgan fingerprint density at radius 3 is 2.75 bits per heavy atom. The van der Waals surface area contributed by atoms with Crippen LogP contribution in [0.4, 0.5) is 5.13 Å². The second kappa shape index (κ2) is 8.05. The van der Waals surface area contributed by atoms with Crippen LogP contribution in [0.1, 0.15) is 12.0 Å². The molecule has 0 unspecified atom stereocenters. The number of thioether (sulfide) groups is 2. The number of nitrogens with zero attached hydrogens (tertiary/aromatic N) is 1. The summed E-state index contributed by atoms with van der Waals surface area (Å²) in [7, 11) is 0. The topological polar surface area (TPSA) is 42.0 Å². The average Bonchev–Trinajstić information content (AvgIpc) is 2.98. The number of benzene rings is 2. The van der Waals surface area contributed by atoms with Crippen LogP contribution in [0.15, 0.2) is 52.3 Å². The van der Waals surface area contributed by atoms with Gasteiger partial charge in [-0.3, -0.25) is 4.79 Å². The van der Waals surface area contributed by atoms with E-state index in [-0.39, 0.29) is 5.91 Å². The Kier molecular flexibility index (Phi) is 5.81. The van der Waals surface area contributed by atoms with Gasteiger partial charge in [0.25, 0.3) is 0 Å². The summed E-state index contributed by atoms with van der Waals surface area (Å²) in [5, 5.41) is 3.60. The molecule has 0 bridgehead atoms. The second-order valence-electron chi connectivity index (χ2n) is 5.29. The van der Waals surface area contributed by atoms with Crippen LogP contribution in [-0.2, 0) is 4.79 Å². The van der Waals surface area contributed by atoms with Crippen molar-refractivity contribution in [2.45, 2.75) is 23.1 Å². The van der Waals surface area contributed by atoms with Crippen LogP contribution in [0.3, 0.4) is 0 Å². The largest absolute Gasteiger partial charge is 0.302 e. The molecule has 0 aliphatic heterocycles. The quantitative estimate of drug-likeness (QED) is 0.583. The van der Waals surface area contributed by atoms with Gasteiger partial charge in [-0.05, 0) is 37.4 Å². The molecular formula is C18H18N2OS3. The van der Waals surface area contributed by atoms with Crippen molar-refractivity contribution in [3.63, 3.8) is 0 Å². The van der Waals surface area contributed by atoms with E-state index in [1.807, 2.05) is 18.4 Å². The molecule has 0 aliphatic rings. The first-order chi connectivity index (χ1) is 11.7. The molecular weight excluding hydrogens is 356 g/mol. The number of aromatic nitrogens is 1. The zero-order chi connectivity index (χ0) is 16.9. The van der Waals surface area contributed by atoms with Crippen LogP contribution in [0.5, 0.6) is 0 Å². The number of amides is 1. The van der Waals surface area contributed by atoms with Gasteiger partial charge in [0.15, 0.2) is 5.13 Å². The maximum Gasteiger partial charge on any atom is 0.226 e. The summed E-state index contributed by atoms with van der Waals surface area (Å²) >= 11 is 4.89. The van der Waals surface area contributed by atoms with Crippen molar-refractivity contribution in [3.05, 3.63) is 48.0 Å². The molecule has 1 heterocycles. The Bertz CT molecular complexity index is 843. The van der Waals surface area contributed by atoms with Crippen LogP contribution in [-0.4, -0.2) is 22.9 Å². The van der Waals surface area contributed by atoms with Gasteiger partial charge in [-0.1, -0.05) is 35.1 Å². The van der Waals surface area contributed by atoms with Gasteiger partial charge < -0.3 is 5.32 Å². The molecule has 124 valence electrons. The van der Waals surface area contributed by atoms with E-state index in [1.165, 1.54) is 21.8 Å². The minimum absolute atomic E-state index is 0.0133. The maximum atomic E-state index is 12.1. The van der Waals surface area contributed by atoms with E-state index < -0.39 is 0 Å². The molecule has 1 N–H and O–H groups in total. The third kappa shape index (κ3) is 4.32. The molecule has 0 saturated carbocycles. The van der Waals surface area contributed by atoms with E-state index in [2.05, 4.69) is 47.6 Å². The SMILES string of the molecule is CSc1cccc2sc(NC(=O)CCSc3ccc(C)cc3)nc12. The number of anilines is 1. The molecule has 0 spiro atoms. The van der Waals surface area contributed by atoms with Gasteiger partial charge in [-0.2, -0.15) is 0 Å². The van der Waals surface area contributed by atoms with Gasteiger partial charge in [-0.25, -0.2) is 4.98 Å². The lowest BCUT2D eigenvalue weighted by Crippen LogP contribution is -2.11. The fourth-order valence-corrected chi connectivity index (χ4v) is 4.61. The number of nitrogens with one attached hydrogen (secondary N) is 1. The molecule has 1 amide bonds. The second-order valence-corrected chi connectivity index (χ2v) is 8.33. The molecule has 0 fully saturated rings. The number of fused-ring (bicyclic) bond motifs is 1. The lowest BCUT2D eigenvalue weighted by Gasteiger charge is -2.03. The monoisotopic (exact) mass is 374 g/mol. The number of carbonyl (C=O) groups excluding carboxylic acids is 1. The minimum atomic E-state index is 0.0133. The number of para-hydroxylation sites is 1. The number of hydrogen-bond acceptors (Lipinski definition) is 5. The smallest absolute Gasteiger partial charge is 0.226 e. The molecule has 2 aromatic carbocycles. The van der Waals surface area contributed by atoms with Crippen LogP contribution in [0.2, 0.25) is 0 Å². The number of hydrogen-bond donors (Lipinski definition) is 1. The van der Waals surface area contributed by atoms with Gasteiger partial charge in [0, 0.05) is 22.0 Å². The third-order valence-corrected chi connectivity index (χ3v) is 6.19. The summed E-state index contributed by atoms with van der Waals surface area (Å²) < 4.78 is 1.10. The molecule has 0 aliphatic carbocycles. The van der Waals surface area contributed by atoms with E-state index in [9.17, 15) is 4.79 Å². The van der Waals surface area contributed by atoms with Gasteiger partial charge >= 0.3 is 0 Å². The van der Waals surface area contributed by atoms with Crippen molar-refractivity contribution in [2.24, 2.45) is 0 Å². The average molecular weight is 375 g/mol. The first kappa shape index (κ1) is 17.3. The first-order valence-corrected chi connectivity index (χ1v) is 10.6. The summed E-state index contributed by atoms with van der Waals surface area (Å²) in [5.41, 5.74) is 2.22. The molecule has 0 atom stereocenters. The summed E-state index contributed by atoms with van der Waals surface area (Å²) in [6, 6.07) is 14.5.